The molecule has 2 aromatic carbocycles. The first-order chi connectivity index (χ1) is 13.7. The van der Waals surface area contributed by atoms with E-state index in [1.54, 1.807) is 23.1 Å². The second-order valence-corrected chi connectivity index (χ2v) is 9.03. The van der Waals surface area contributed by atoms with Gasteiger partial charge in [-0.25, -0.2) is 0 Å². The molecule has 1 amide bonds. The number of fused-ring (bicyclic) bond motifs is 1. The number of hydrogen-bond acceptors (Lipinski definition) is 3. The maximum Gasteiger partial charge on any atom is 0.255 e. The van der Waals surface area contributed by atoms with Crippen molar-refractivity contribution in [2.75, 3.05) is 13.1 Å². The molecule has 29 heavy (non-hydrogen) atoms. The molecule has 0 N–H and O–H groups in total. The fourth-order valence-electron chi connectivity index (χ4n) is 4.23. The Morgan fingerprint density at radius 3 is 2.45 bits per heavy atom. The van der Waals surface area contributed by atoms with Crippen LogP contribution in [0.4, 0.5) is 0 Å². The number of carbonyl (C=O) groups excluding carboxylic acids is 2. The average Bonchev–Trinajstić information content (AvgIpc) is 2.66. The van der Waals surface area contributed by atoms with Crippen LogP contribution < -0.4 is 4.74 Å². The highest BCUT2D eigenvalue weighted by Gasteiger charge is 2.44. The maximum absolute atomic E-state index is 12.9. The number of amides is 1. The summed E-state index contributed by atoms with van der Waals surface area (Å²) in [5, 5.41) is 1.43. The van der Waals surface area contributed by atoms with Gasteiger partial charge in [0.2, 0.25) is 0 Å². The minimum atomic E-state index is -0.586. The van der Waals surface area contributed by atoms with Crippen molar-refractivity contribution in [2.45, 2.75) is 38.7 Å². The lowest BCUT2D eigenvalue weighted by Crippen LogP contribution is -2.52. The highest BCUT2D eigenvalue weighted by Crippen LogP contribution is 2.43. The Morgan fingerprint density at radius 1 is 1.10 bits per heavy atom. The third-order valence-corrected chi connectivity index (χ3v) is 6.99. The number of Topliss-reactive ketones (excluding diaryl/α,β-unsaturated/α-hetero) is 1. The van der Waals surface area contributed by atoms with E-state index in [2.05, 4.69) is 0 Å². The quantitative estimate of drug-likeness (QED) is 0.541. The van der Waals surface area contributed by atoms with E-state index in [4.69, 9.17) is 39.5 Å². The molecule has 0 unspecified atom stereocenters. The maximum atomic E-state index is 12.9. The van der Waals surface area contributed by atoms with Crippen LogP contribution in [0.1, 0.15) is 51.1 Å². The molecule has 0 saturated carbocycles. The highest BCUT2D eigenvalue weighted by atomic mass is 35.5. The van der Waals surface area contributed by atoms with Gasteiger partial charge in [0.1, 0.15) is 11.4 Å². The van der Waals surface area contributed by atoms with Crippen LogP contribution >= 0.6 is 34.8 Å². The zero-order valence-corrected chi connectivity index (χ0v) is 18.4. The molecule has 0 aromatic heterocycles. The molecule has 2 heterocycles. The van der Waals surface area contributed by atoms with Crippen molar-refractivity contribution in [3.63, 3.8) is 0 Å². The van der Waals surface area contributed by atoms with Gasteiger partial charge >= 0.3 is 0 Å². The second kappa shape index (κ2) is 7.50. The van der Waals surface area contributed by atoms with Crippen LogP contribution in [0.3, 0.4) is 0 Å². The summed E-state index contributed by atoms with van der Waals surface area (Å²) in [5.41, 5.74) is 2.08. The van der Waals surface area contributed by atoms with Gasteiger partial charge in [-0.05, 0) is 49.2 Å². The van der Waals surface area contributed by atoms with Crippen molar-refractivity contribution in [2.24, 2.45) is 0 Å². The Labute approximate surface area is 184 Å². The van der Waals surface area contributed by atoms with E-state index in [-0.39, 0.29) is 11.7 Å². The topological polar surface area (TPSA) is 46.6 Å². The van der Waals surface area contributed by atoms with E-state index in [1.165, 1.54) is 0 Å². The van der Waals surface area contributed by atoms with Crippen molar-refractivity contribution in [3.8, 4) is 5.75 Å². The summed E-state index contributed by atoms with van der Waals surface area (Å²) in [6, 6.07) is 6.71. The van der Waals surface area contributed by atoms with Crippen LogP contribution in [-0.4, -0.2) is 35.3 Å². The van der Waals surface area contributed by atoms with Crippen LogP contribution in [0, 0.1) is 13.8 Å². The fourth-order valence-corrected chi connectivity index (χ4v) is 4.87. The molecule has 0 atom stereocenters. The predicted molar refractivity (Wildman–Crippen MR) is 115 cm³/mol. The van der Waals surface area contributed by atoms with Gasteiger partial charge in [0.05, 0.1) is 22.6 Å². The van der Waals surface area contributed by atoms with Crippen LogP contribution in [0.2, 0.25) is 15.1 Å². The van der Waals surface area contributed by atoms with Gasteiger partial charge in [0.25, 0.3) is 5.91 Å². The third kappa shape index (κ3) is 3.63. The summed E-state index contributed by atoms with van der Waals surface area (Å²) in [6.45, 7) is 4.74. The van der Waals surface area contributed by atoms with E-state index in [9.17, 15) is 9.59 Å². The molecule has 4 nitrogen and oxygen atoms in total. The zero-order valence-electron chi connectivity index (χ0n) is 16.2. The minimum absolute atomic E-state index is 0.0474. The number of carbonyl (C=O) groups is 2. The van der Waals surface area contributed by atoms with Crippen molar-refractivity contribution in [1.29, 1.82) is 0 Å². The van der Waals surface area contributed by atoms with Gasteiger partial charge in [-0.1, -0.05) is 34.8 Å². The van der Waals surface area contributed by atoms with E-state index in [0.29, 0.717) is 64.3 Å². The molecular formula is C22H20Cl3NO3. The van der Waals surface area contributed by atoms with Gasteiger partial charge in [-0.15, -0.1) is 0 Å². The lowest BCUT2D eigenvalue weighted by atomic mass is 9.81. The molecule has 2 aromatic rings. The minimum Gasteiger partial charge on any atom is -0.486 e. The smallest absolute Gasteiger partial charge is 0.255 e. The molecule has 4 rings (SSSR count). The molecule has 7 heteroatoms. The standard InChI is InChI=1S/C22H20Cl3NO3/c1-12-9-18-19(13(2)20(12)25)17(27)11-22(29-18)5-7-26(8-6-22)21(28)15-4-3-14(23)10-16(15)24/h3-4,9-10H,5-8,11H2,1-2H3. The van der Waals surface area contributed by atoms with Crippen LogP contribution in [0.25, 0.3) is 0 Å². The second-order valence-electron chi connectivity index (χ2n) is 7.81. The Hall–Kier alpha value is -1.75. The summed E-state index contributed by atoms with van der Waals surface area (Å²) in [6.07, 6.45) is 1.45. The molecule has 152 valence electrons. The van der Waals surface area contributed by atoms with E-state index in [0.717, 1.165) is 11.1 Å². The lowest BCUT2D eigenvalue weighted by Gasteiger charge is -2.44. The molecular weight excluding hydrogens is 433 g/mol. The van der Waals surface area contributed by atoms with Crippen molar-refractivity contribution >= 4 is 46.5 Å². The summed E-state index contributed by atoms with van der Waals surface area (Å²) in [4.78, 5) is 27.5. The molecule has 2 aliphatic heterocycles. The fraction of sp³-hybridized carbons (Fsp3) is 0.364. The average molecular weight is 453 g/mol. The summed E-state index contributed by atoms with van der Waals surface area (Å²) in [7, 11) is 0. The van der Waals surface area contributed by atoms with Gasteiger partial charge < -0.3 is 9.64 Å². The lowest BCUT2D eigenvalue weighted by molar-refractivity contribution is -0.00580. The number of aryl methyl sites for hydroxylation is 1. The Bertz CT molecular complexity index is 1030. The van der Waals surface area contributed by atoms with Gasteiger partial charge in [-0.3, -0.25) is 9.59 Å². The monoisotopic (exact) mass is 451 g/mol. The van der Waals surface area contributed by atoms with Crippen molar-refractivity contribution in [3.05, 3.63) is 61.6 Å². The van der Waals surface area contributed by atoms with E-state index in [1.807, 2.05) is 19.9 Å². The number of benzene rings is 2. The largest absolute Gasteiger partial charge is 0.486 e. The van der Waals surface area contributed by atoms with E-state index >= 15 is 0 Å². The zero-order chi connectivity index (χ0) is 20.9. The number of ether oxygens (including phenoxy) is 1. The third-order valence-electron chi connectivity index (χ3n) is 5.86. The molecule has 0 radical (unpaired) electrons. The Balaban J connectivity index is 1.54. The predicted octanol–water partition coefficient (Wildman–Crippen LogP) is 5.90. The Kier molecular flexibility index (Phi) is 5.30. The van der Waals surface area contributed by atoms with Crippen LogP contribution in [0.5, 0.6) is 5.75 Å². The van der Waals surface area contributed by atoms with E-state index < -0.39 is 5.60 Å². The molecule has 1 spiro atoms. The van der Waals surface area contributed by atoms with Gasteiger partial charge in [-0.2, -0.15) is 0 Å². The van der Waals surface area contributed by atoms with Gasteiger partial charge in [0, 0.05) is 36.0 Å². The Morgan fingerprint density at radius 2 is 1.79 bits per heavy atom. The number of nitrogens with zero attached hydrogens (tertiary/aromatic N) is 1. The molecule has 1 saturated heterocycles. The normalized spacial score (nSPS) is 17.8. The first-order valence-corrected chi connectivity index (χ1v) is 10.6. The highest BCUT2D eigenvalue weighted by molar-refractivity contribution is 6.36. The number of likely N-dealkylation sites (tertiary alicyclic amines) is 1. The van der Waals surface area contributed by atoms with Crippen LogP contribution in [-0.2, 0) is 0 Å². The summed E-state index contributed by atoms with van der Waals surface area (Å²) >= 11 is 18.4. The van der Waals surface area contributed by atoms with Gasteiger partial charge in [0.15, 0.2) is 5.78 Å². The van der Waals surface area contributed by atoms with Crippen molar-refractivity contribution < 1.29 is 14.3 Å². The summed E-state index contributed by atoms with van der Waals surface area (Å²) < 4.78 is 6.36. The molecule has 1 fully saturated rings. The number of rotatable bonds is 1. The SMILES string of the molecule is Cc1cc2c(c(C)c1Cl)C(=O)CC1(CCN(C(=O)c3ccc(Cl)cc3Cl)CC1)O2. The summed E-state index contributed by atoms with van der Waals surface area (Å²) in [5.74, 6) is 0.509. The number of hydrogen-bond donors (Lipinski definition) is 0. The number of ketones is 1. The van der Waals surface area contributed by atoms with Crippen LogP contribution in [0.15, 0.2) is 24.3 Å². The first-order valence-electron chi connectivity index (χ1n) is 9.47. The molecule has 2 aliphatic rings. The van der Waals surface area contributed by atoms with Crippen molar-refractivity contribution in [1.82, 2.24) is 4.90 Å². The molecule has 0 aliphatic carbocycles. The molecule has 0 bridgehead atoms. The number of piperidine rings is 1. The first kappa shape index (κ1) is 20.5. The number of halogens is 3.